The van der Waals surface area contributed by atoms with Gasteiger partial charge in [0.2, 0.25) is 0 Å². The van der Waals surface area contributed by atoms with Crippen molar-refractivity contribution in [3.63, 3.8) is 0 Å². The second kappa shape index (κ2) is 3.58. The van der Waals surface area contributed by atoms with Crippen LogP contribution in [0.4, 0.5) is 0 Å². The molecule has 0 saturated carbocycles. The van der Waals surface area contributed by atoms with E-state index in [1.54, 1.807) is 6.92 Å². The largest absolute Gasteiger partial charge is 0.339 e. The molecule has 0 aromatic heterocycles. The highest BCUT2D eigenvalue weighted by Crippen LogP contribution is 1.95. The zero-order valence-corrected chi connectivity index (χ0v) is 5.88. The van der Waals surface area contributed by atoms with E-state index in [2.05, 4.69) is 4.74 Å². The van der Waals surface area contributed by atoms with E-state index in [0.29, 0.717) is 0 Å². The van der Waals surface area contributed by atoms with Crippen molar-refractivity contribution in [2.45, 2.75) is 33.2 Å². The van der Waals surface area contributed by atoms with Gasteiger partial charge in [0.1, 0.15) is 6.10 Å². The third-order valence-corrected chi connectivity index (χ3v) is 0.968. The molecule has 0 fully saturated rings. The fourth-order valence-corrected chi connectivity index (χ4v) is 0.383. The summed E-state index contributed by atoms with van der Waals surface area (Å²) in [6.07, 6.45) is -1.67. The summed E-state index contributed by atoms with van der Waals surface area (Å²) in [7, 11) is 0. The van der Waals surface area contributed by atoms with Crippen molar-refractivity contribution < 1.29 is 14.6 Å². The molecule has 0 spiro atoms. The number of rotatable bonds is 3. The summed E-state index contributed by atoms with van der Waals surface area (Å²) in [6.45, 7) is 4.32. The Balaban J connectivity index is 3.50. The lowest BCUT2D eigenvalue weighted by molar-refractivity contribution is -0.166. The third kappa shape index (κ3) is 4.12. The molecule has 0 aliphatic rings. The molecule has 0 amide bonds. The van der Waals surface area contributed by atoms with Crippen LogP contribution in [0.3, 0.4) is 0 Å². The molecular formula is C6H11O3. The van der Waals surface area contributed by atoms with E-state index in [-0.39, 0.29) is 5.78 Å². The Kier molecular flexibility index (Phi) is 3.42. The number of Topliss-reactive ketones (excluding diaryl/α,β-unsaturated/α-hetero) is 1. The van der Waals surface area contributed by atoms with Gasteiger partial charge >= 0.3 is 0 Å². The summed E-state index contributed by atoms with van der Waals surface area (Å²) in [6, 6.07) is 0. The Bertz CT molecular complexity index is 98.5. The molecule has 2 atom stereocenters. The van der Waals surface area contributed by atoms with Gasteiger partial charge in [0, 0.05) is 0 Å². The molecule has 0 rings (SSSR count). The monoisotopic (exact) mass is 131 g/mol. The molecule has 2 unspecified atom stereocenters. The summed E-state index contributed by atoms with van der Waals surface area (Å²) < 4.78 is 4.61. The minimum absolute atomic E-state index is 0.113. The average Bonchev–Trinajstić information content (AvgIpc) is 1.63. The lowest BCUT2D eigenvalue weighted by Gasteiger charge is -2.09. The maximum absolute atomic E-state index is 10.4. The van der Waals surface area contributed by atoms with Gasteiger partial charge in [-0.3, -0.25) is 4.79 Å². The van der Waals surface area contributed by atoms with Gasteiger partial charge < -0.3 is 4.74 Å². The van der Waals surface area contributed by atoms with Crippen molar-refractivity contribution in [1.82, 2.24) is 0 Å². The molecule has 0 aromatic carbocycles. The summed E-state index contributed by atoms with van der Waals surface area (Å²) in [5.74, 6) is -0.113. The zero-order valence-electron chi connectivity index (χ0n) is 5.88. The number of hydrogen-bond acceptors (Lipinski definition) is 2. The van der Waals surface area contributed by atoms with E-state index in [9.17, 15) is 9.90 Å². The van der Waals surface area contributed by atoms with E-state index in [1.807, 2.05) is 0 Å². The number of carbonyl (C=O) groups excluding carboxylic acids is 1. The minimum Gasteiger partial charge on any atom is -0.339 e. The van der Waals surface area contributed by atoms with Gasteiger partial charge in [-0.2, -0.15) is 0 Å². The highest BCUT2D eigenvalue weighted by atomic mass is 16.6. The Labute approximate surface area is 54.6 Å². The summed E-state index contributed by atoms with van der Waals surface area (Å²) >= 11 is 0. The second-order valence-electron chi connectivity index (χ2n) is 1.96. The van der Waals surface area contributed by atoms with Crippen LogP contribution in [0.1, 0.15) is 20.8 Å². The molecule has 9 heavy (non-hydrogen) atoms. The highest BCUT2D eigenvalue weighted by Gasteiger charge is 2.10. The van der Waals surface area contributed by atoms with Crippen LogP contribution in [-0.4, -0.2) is 18.2 Å². The van der Waals surface area contributed by atoms with Crippen LogP contribution >= 0.6 is 0 Å². The van der Waals surface area contributed by atoms with Gasteiger partial charge in [-0.25, -0.2) is 5.11 Å². The highest BCUT2D eigenvalue weighted by molar-refractivity contribution is 5.79. The van der Waals surface area contributed by atoms with E-state index >= 15 is 0 Å². The first-order valence-corrected chi connectivity index (χ1v) is 2.85. The summed E-state index contributed by atoms with van der Waals surface area (Å²) in [5.41, 5.74) is 0. The van der Waals surface area contributed by atoms with Crippen molar-refractivity contribution in [3.05, 3.63) is 0 Å². The molecule has 53 valence electrons. The van der Waals surface area contributed by atoms with Crippen molar-refractivity contribution in [2.75, 3.05) is 0 Å². The molecular weight excluding hydrogens is 120 g/mol. The van der Waals surface area contributed by atoms with Crippen LogP contribution in [0.25, 0.3) is 0 Å². The standard InChI is InChI=1S/C6H11O3/c1-4(7)5(2)9-6(3)8/h5-6H,1-3H3. The molecule has 3 heteroatoms. The Morgan fingerprint density at radius 3 is 2.00 bits per heavy atom. The number of ether oxygens (including phenoxy) is 1. The molecule has 0 saturated heterocycles. The van der Waals surface area contributed by atoms with Crippen LogP contribution in [0.5, 0.6) is 0 Å². The first-order chi connectivity index (χ1) is 4.04. The SMILES string of the molecule is CC(=O)C(C)OC(C)[O]. The van der Waals surface area contributed by atoms with Gasteiger partial charge in [-0.05, 0) is 20.8 Å². The quantitative estimate of drug-likeness (QED) is 0.531. The number of hydrogen-bond donors (Lipinski definition) is 0. The van der Waals surface area contributed by atoms with Crippen molar-refractivity contribution in [3.8, 4) is 0 Å². The van der Waals surface area contributed by atoms with Crippen LogP contribution in [0, 0.1) is 0 Å². The first-order valence-electron chi connectivity index (χ1n) is 2.85. The van der Waals surface area contributed by atoms with Gasteiger partial charge in [0.05, 0.1) is 0 Å². The fraction of sp³-hybridized carbons (Fsp3) is 0.833. The Hall–Kier alpha value is -0.410. The Morgan fingerprint density at radius 1 is 1.44 bits per heavy atom. The molecule has 0 aromatic rings. The smallest absolute Gasteiger partial charge is 0.189 e. The predicted molar refractivity (Wildman–Crippen MR) is 31.4 cm³/mol. The van der Waals surface area contributed by atoms with E-state index in [0.717, 1.165) is 0 Å². The van der Waals surface area contributed by atoms with Crippen molar-refractivity contribution >= 4 is 5.78 Å². The molecule has 0 bridgehead atoms. The van der Waals surface area contributed by atoms with Crippen molar-refractivity contribution in [2.24, 2.45) is 0 Å². The van der Waals surface area contributed by atoms with E-state index < -0.39 is 12.4 Å². The molecule has 0 heterocycles. The van der Waals surface area contributed by atoms with Gasteiger partial charge in [0.15, 0.2) is 12.1 Å². The lowest BCUT2D eigenvalue weighted by Crippen LogP contribution is -2.22. The topological polar surface area (TPSA) is 46.2 Å². The van der Waals surface area contributed by atoms with Gasteiger partial charge in [-0.15, -0.1) is 0 Å². The third-order valence-electron chi connectivity index (χ3n) is 0.968. The molecule has 0 aliphatic carbocycles. The average molecular weight is 131 g/mol. The van der Waals surface area contributed by atoms with E-state index in [1.165, 1.54) is 13.8 Å². The summed E-state index contributed by atoms with van der Waals surface area (Å²) in [5, 5.41) is 10.3. The van der Waals surface area contributed by atoms with Crippen LogP contribution in [-0.2, 0) is 14.6 Å². The first kappa shape index (κ1) is 8.59. The maximum atomic E-state index is 10.4. The molecule has 3 nitrogen and oxygen atoms in total. The fourth-order valence-electron chi connectivity index (χ4n) is 0.383. The maximum Gasteiger partial charge on any atom is 0.189 e. The molecule has 0 N–H and O–H groups in total. The molecule has 1 radical (unpaired) electrons. The summed E-state index contributed by atoms with van der Waals surface area (Å²) in [4.78, 5) is 10.4. The van der Waals surface area contributed by atoms with E-state index in [4.69, 9.17) is 0 Å². The Morgan fingerprint density at radius 2 is 1.89 bits per heavy atom. The van der Waals surface area contributed by atoms with Crippen LogP contribution in [0.2, 0.25) is 0 Å². The number of carbonyl (C=O) groups is 1. The van der Waals surface area contributed by atoms with Crippen LogP contribution < -0.4 is 0 Å². The lowest BCUT2D eigenvalue weighted by atomic mass is 10.3. The molecule has 0 aliphatic heterocycles. The second-order valence-corrected chi connectivity index (χ2v) is 1.96. The normalized spacial score (nSPS) is 16.9. The van der Waals surface area contributed by atoms with Gasteiger partial charge in [0.25, 0.3) is 0 Å². The van der Waals surface area contributed by atoms with Crippen LogP contribution in [0.15, 0.2) is 0 Å². The minimum atomic E-state index is -1.11. The number of ketones is 1. The van der Waals surface area contributed by atoms with Gasteiger partial charge in [-0.1, -0.05) is 0 Å². The van der Waals surface area contributed by atoms with Crippen molar-refractivity contribution in [1.29, 1.82) is 0 Å². The zero-order chi connectivity index (χ0) is 7.44. The predicted octanol–water partition coefficient (Wildman–Crippen LogP) is 0.757.